The van der Waals surface area contributed by atoms with Gasteiger partial charge in [0.1, 0.15) is 11.5 Å². The zero-order valence-corrected chi connectivity index (χ0v) is 10.5. The van der Waals surface area contributed by atoms with Gasteiger partial charge in [-0.1, -0.05) is 0 Å². The van der Waals surface area contributed by atoms with E-state index >= 15 is 0 Å². The third-order valence-electron chi connectivity index (χ3n) is 2.75. The quantitative estimate of drug-likeness (QED) is 0.795. The summed E-state index contributed by atoms with van der Waals surface area (Å²) in [7, 11) is 0. The maximum atomic E-state index is 12.8. The Bertz CT molecular complexity index is 782. The molecule has 6 nitrogen and oxygen atoms in total. The normalized spacial score (nSPS) is 10.5. The molecule has 0 radical (unpaired) electrons. The molecule has 0 bridgehead atoms. The lowest BCUT2D eigenvalue weighted by atomic mass is 10.1. The highest BCUT2D eigenvalue weighted by molar-refractivity contribution is 5.88. The smallest absolute Gasteiger partial charge is 0.335 e. The first-order valence-corrected chi connectivity index (χ1v) is 5.92. The number of benzene rings is 1. The molecule has 0 spiro atoms. The molecule has 0 fully saturated rings. The molecule has 3 aromatic rings. The summed E-state index contributed by atoms with van der Waals surface area (Å²) >= 11 is 0. The fraction of sp³-hybridized carbons (Fsp3) is 0. The molecule has 104 valence electrons. The molecule has 0 atom stereocenters. The molecule has 3 rings (SSSR count). The number of carbonyl (C=O) groups is 1. The summed E-state index contributed by atoms with van der Waals surface area (Å²) in [6.07, 6.45) is 1.06. The van der Waals surface area contributed by atoms with E-state index < -0.39 is 11.8 Å². The third kappa shape index (κ3) is 2.62. The number of aromatic carboxylic acids is 1. The minimum Gasteiger partial charge on any atom is -0.478 e. The van der Waals surface area contributed by atoms with Crippen molar-refractivity contribution in [3.8, 4) is 23.0 Å². The molecule has 0 unspecified atom stereocenters. The largest absolute Gasteiger partial charge is 0.478 e. The van der Waals surface area contributed by atoms with E-state index in [1.165, 1.54) is 24.3 Å². The van der Waals surface area contributed by atoms with E-state index in [0.717, 1.165) is 6.20 Å². The zero-order chi connectivity index (χ0) is 14.8. The van der Waals surface area contributed by atoms with E-state index in [0.29, 0.717) is 11.3 Å². The summed E-state index contributed by atoms with van der Waals surface area (Å²) in [4.78, 5) is 14.6. The number of nitrogens with zero attached hydrogens (tertiary/aromatic N) is 3. The van der Waals surface area contributed by atoms with Crippen LogP contribution in [0.5, 0.6) is 0 Å². The van der Waals surface area contributed by atoms with Gasteiger partial charge in [0.05, 0.1) is 11.8 Å². The number of carboxylic acid groups (broad SMARTS) is 1. The minimum atomic E-state index is -1.01. The van der Waals surface area contributed by atoms with Crippen molar-refractivity contribution in [1.82, 2.24) is 15.2 Å². The second-order valence-corrected chi connectivity index (χ2v) is 4.16. The molecule has 2 heterocycles. The van der Waals surface area contributed by atoms with Crippen LogP contribution < -0.4 is 0 Å². The highest BCUT2D eigenvalue weighted by atomic mass is 19.1. The first-order chi connectivity index (χ1) is 10.1. The van der Waals surface area contributed by atoms with Crippen LogP contribution >= 0.6 is 0 Å². The van der Waals surface area contributed by atoms with E-state index in [2.05, 4.69) is 15.2 Å². The van der Waals surface area contributed by atoms with E-state index in [1.807, 2.05) is 0 Å². The fourth-order valence-electron chi connectivity index (χ4n) is 1.70. The van der Waals surface area contributed by atoms with Gasteiger partial charge < -0.3 is 9.52 Å². The Balaban J connectivity index is 1.90. The molecule has 0 amide bonds. The zero-order valence-electron chi connectivity index (χ0n) is 10.5. The van der Waals surface area contributed by atoms with Crippen molar-refractivity contribution in [2.75, 3.05) is 0 Å². The van der Waals surface area contributed by atoms with Crippen molar-refractivity contribution in [1.29, 1.82) is 0 Å². The Labute approximate surface area is 117 Å². The van der Waals surface area contributed by atoms with Crippen molar-refractivity contribution < 1.29 is 18.7 Å². The van der Waals surface area contributed by atoms with Crippen LogP contribution in [0.3, 0.4) is 0 Å². The van der Waals surface area contributed by atoms with Crippen molar-refractivity contribution in [2.24, 2.45) is 0 Å². The Kier molecular flexibility index (Phi) is 3.15. The molecule has 0 aliphatic rings. The Morgan fingerprint density at radius 3 is 2.38 bits per heavy atom. The van der Waals surface area contributed by atoms with Crippen LogP contribution in [0.1, 0.15) is 10.4 Å². The van der Waals surface area contributed by atoms with Crippen molar-refractivity contribution >= 4 is 5.97 Å². The summed E-state index contributed by atoms with van der Waals surface area (Å²) in [5.74, 6) is -1.08. The molecule has 1 N–H and O–H groups in total. The van der Waals surface area contributed by atoms with Gasteiger partial charge in [-0.15, -0.1) is 10.2 Å². The highest BCUT2D eigenvalue weighted by Crippen LogP contribution is 2.22. The number of aromatic nitrogens is 3. The Hall–Kier alpha value is -3.09. The first kappa shape index (κ1) is 12.9. The van der Waals surface area contributed by atoms with Gasteiger partial charge in [-0.2, -0.15) is 0 Å². The molecular formula is C14H8FN3O3. The van der Waals surface area contributed by atoms with Gasteiger partial charge in [-0.05, 0) is 36.4 Å². The van der Waals surface area contributed by atoms with Crippen LogP contribution in [-0.2, 0) is 0 Å². The number of halogens is 1. The summed E-state index contributed by atoms with van der Waals surface area (Å²) in [5, 5.41) is 16.5. The standard InChI is InChI=1S/C14H8FN3O3/c15-10-5-6-11(16-7-10)13-18-17-12(21-13)8-1-3-9(4-2-8)14(19)20/h1-7H,(H,19,20). The topological polar surface area (TPSA) is 89.1 Å². The van der Waals surface area contributed by atoms with E-state index in [-0.39, 0.29) is 17.3 Å². The second-order valence-electron chi connectivity index (χ2n) is 4.16. The third-order valence-corrected chi connectivity index (χ3v) is 2.75. The maximum absolute atomic E-state index is 12.8. The van der Waals surface area contributed by atoms with E-state index in [9.17, 15) is 9.18 Å². The van der Waals surface area contributed by atoms with Crippen molar-refractivity contribution in [3.63, 3.8) is 0 Å². The Morgan fingerprint density at radius 1 is 1.05 bits per heavy atom. The van der Waals surface area contributed by atoms with Crippen LogP contribution in [0.15, 0.2) is 47.0 Å². The van der Waals surface area contributed by atoms with Crippen molar-refractivity contribution in [3.05, 3.63) is 54.0 Å². The van der Waals surface area contributed by atoms with Gasteiger partial charge >= 0.3 is 5.97 Å². The molecule has 0 aliphatic heterocycles. The predicted octanol–water partition coefficient (Wildman–Crippen LogP) is 2.64. The average molecular weight is 285 g/mol. The summed E-state index contributed by atoms with van der Waals surface area (Å²) < 4.78 is 18.2. The van der Waals surface area contributed by atoms with Gasteiger partial charge in [-0.25, -0.2) is 14.2 Å². The number of pyridine rings is 1. The van der Waals surface area contributed by atoms with Crippen LogP contribution in [0.25, 0.3) is 23.0 Å². The first-order valence-electron chi connectivity index (χ1n) is 5.92. The Morgan fingerprint density at radius 2 is 1.76 bits per heavy atom. The van der Waals surface area contributed by atoms with Crippen LogP contribution in [0.4, 0.5) is 4.39 Å². The minimum absolute atomic E-state index is 0.160. The summed E-state index contributed by atoms with van der Waals surface area (Å²) in [6, 6.07) is 8.70. The van der Waals surface area contributed by atoms with Gasteiger partial charge in [0, 0.05) is 5.56 Å². The summed E-state index contributed by atoms with van der Waals surface area (Å²) in [5.41, 5.74) is 1.11. The fourth-order valence-corrected chi connectivity index (χ4v) is 1.70. The lowest BCUT2D eigenvalue weighted by Crippen LogP contribution is -1.94. The summed E-state index contributed by atoms with van der Waals surface area (Å²) in [6.45, 7) is 0. The highest BCUT2D eigenvalue weighted by Gasteiger charge is 2.12. The van der Waals surface area contributed by atoms with Gasteiger partial charge in [-0.3, -0.25) is 0 Å². The van der Waals surface area contributed by atoms with Gasteiger partial charge in [0.25, 0.3) is 5.89 Å². The number of hydrogen-bond acceptors (Lipinski definition) is 5. The van der Waals surface area contributed by atoms with Gasteiger partial charge in [0.2, 0.25) is 5.89 Å². The molecule has 0 aliphatic carbocycles. The second kappa shape index (κ2) is 5.12. The number of rotatable bonds is 3. The monoisotopic (exact) mass is 285 g/mol. The number of carboxylic acids is 1. The molecule has 7 heteroatoms. The molecule has 0 saturated heterocycles. The van der Waals surface area contributed by atoms with Crippen LogP contribution in [0, 0.1) is 5.82 Å². The van der Waals surface area contributed by atoms with Crippen molar-refractivity contribution in [2.45, 2.75) is 0 Å². The van der Waals surface area contributed by atoms with E-state index in [1.54, 1.807) is 12.1 Å². The van der Waals surface area contributed by atoms with Crippen LogP contribution in [0.2, 0.25) is 0 Å². The lowest BCUT2D eigenvalue weighted by molar-refractivity contribution is 0.0697. The lowest BCUT2D eigenvalue weighted by Gasteiger charge is -1.96. The maximum Gasteiger partial charge on any atom is 0.335 e. The molecular weight excluding hydrogens is 277 g/mol. The molecule has 2 aromatic heterocycles. The molecule has 1 aromatic carbocycles. The van der Waals surface area contributed by atoms with E-state index in [4.69, 9.17) is 9.52 Å². The average Bonchev–Trinajstić information content (AvgIpc) is 2.98. The SMILES string of the molecule is O=C(O)c1ccc(-c2nnc(-c3ccc(F)cn3)o2)cc1. The predicted molar refractivity (Wildman–Crippen MR) is 69.9 cm³/mol. The molecule has 0 saturated carbocycles. The van der Waals surface area contributed by atoms with Crippen LogP contribution in [-0.4, -0.2) is 26.3 Å². The molecule has 21 heavy (non-hydrogen) atoms. The van der Waals surface area contributed by atoms with Gasteiger partial charge in [0.15, 0.2) is 0 Å². The number of hydrogen-bond donors (Lipinski definition) is 1.